The van der Waals surface area contributed by atoms with Gasteiger partial charge >= 0.3 is 0 Å². The zero-order chi connectivity index (χ0) is 10.6. The Bertz CT molecular complexity index is 304. The molecule has 4 heteroatoms. The number of hydrogen-bond donors (Lipinski definition) is 1. The second-order valence-electron chi connectivity index (χ2n) is 3.15. The number of carbonyl (C=O) groups excluding carboxylic acids is 1. The molecule has 1 amide bonds. The fourth-order valence-corrected chi connectivity index (χ4v) is 2.35. The molecule has 1 aliphatic heterocycles. The predicted molar refractivity (Wildman–Crippen MR) is 57.3 cm³/mol. The second kappa shape index (κ2) is 5.06. The van der Waals surface area contributed by atoms with Gasteiger partial charge in [0.1, 0.15) is 0 Å². The molecule has 0 aliphatic carbocycles. The molecule has 0 aromatic carbocycles. The zero-order valence-electron chi connectivity index (χ0n) is 8.46. The molecular formula is C10H14N2OS. The minimum Gasteiger partial charge on any atom is -0.320 e. The summed E-state index contributed by atoms with van der Waals surface area (Å²) in [5, 5.41) is 12.5. The van der Waals surface area contributed by atoms with Crippen LogP contribution in [0.2, 0.25) is 0 Å². The molecule has 0 bridgehead atoms. The summed E-state index contributed by atoms with van der Waals surface area (Å²) in [6.45, 7) is 4.02. The van der Waals surface area contributed by atoms with Gasteiger partial charge in [-0.25, -0.2) is 0 Å². The van der Waals surface area contributed by atoms with Crippen LogP contribution < -0.4 is 5.32 Å². The molecule has 0 aromatic heterocycles. The highest BCUT2D eigenvalue weighted by molar-refractivity contribution is 8.03. The topological polar surface area (TPSA) is 52.9 Å². The van der Waals surface area contributed by atoms with Crippen LogP contribution in [0.25, 0.3) is 0 Å². The van der Waals surface area contributed by atoms with Gasteiger partial charge in [0, 0.05) is 12.3 Å². The van der Waals surface area contributed by atoms with Crippen molar-refractivity contribution in [2.75, 3.05) is 5.75 Å². The third kappa shape index (κ3) is 2.30. The van der Waals surface area contributed by atoms with Gasteiger partial charge in [-0.05, 0) is 12.2 Å². The fourth-order valence-electron chi connectivity index (χ4n) is 1.50. The van der Waals surface area contributed by atoms with E-state index in [0.717, 1.165) is 22.8 Å². The number of hydrogen-bond acceptors (Lipinski definition) is 3. The molecule has 0 radical (unpaired) electrons. The van der Waals surface area contributed by atoms with Crippen molar-refractivity contribution in [1.29, 1.82) is 5.26 Å². The van der Waals surface area contributed by atoms with Gasteiger partial charge in [0.05, 0.1) is 16.7 Å². The summed E-state index contributed by atoms with van der Waals surface area (Å²) in [5.74, 6) is 1.02. The predicted octanol–water partition coefficient (Wildman–Crippen LogP) is 2.02. The number of nitrogens with one attached hydrogen (secondary N) is 1. The average molecular weight is 210 g/mol. The lowest BCUT2D eigenvalue weighted by atomic mass is 9.92. The molecule has 1 atom stereocenters. The summed E-state index contributed by atoms with van der Waals surface area (Å²) >= 11 is 1.53. The van der Waals surface area contributed by atoms with Crippen LogP contribution in [-0.2, 0) is 4.79 Å². The largest absolute Gasteiger partial charge is 0.320 e. The van der Waals surface area contributed by atoms with E-state index in [0.29, 0.717) is 6.42 Å². The molecule has 0 fully saturated rings. The normalized spacial score (nSPS) is 21.8. The molecule has 3 nitrogen and oxygen atoms in total. The Hall–Kier alpha value is -0.950. The maximum absolute atomic E-state index is 11.3. The lowest BCUT2D eigenvalue weighted by molar-refractivity contribution is -0.121. The minimum atomic E-state index is 0.0341. The summed E-state index contributed by atoms with van der Waals surface area (Å²) in [4.78, 5) is 11.3. The molecule has 1 aliphatic rings. The van der Waals surface area contributed by atoms with Gasteiger partial charge in [-0.15, -0.1) is 11.8 Å². The van der Waals surface area contributed by atoms with Crippen molar-refractivity contribution in [3.63, 3.8) is 0 Å². The molecule has 1 N–H and O–H groups in total. The summed E-state index contributed by atoms with van der Waals surface area (Å²) in [6, 6.07) is 2.20. The van der Waals surface area contributed by atoms with E-state index >= 15 is 0 Å². The van der Waals surface area contributed by atoms with Crippen molar-refractivity contribution in [1.82, 2.24) is 5.32 Å². The zero-order valence-corrected chi connectivity index (χ0v) is 9.28. The van der Waals surface area contributed by atoms with Gasteiger partial charge < -0.3 is 5.32 Å². The summed E-state index contributed by atoms with van der Waals surface area (Å²) in [7, 11) is 0. The van der Waals surface area contributed by atoms with Crippen molar-refractivity contribution in [2.24, 2.45) is 5.92 Å². The summed E-state index contributed by atoms with van der Waals surface area (Å²) in [5.41, 5.74) is 0.749. The van der Waals surface area contributed by atoms with Gasteiger partial charge in [0.25, 0.3) is 0 Å². The number of rotatable bonds is 3. The van der Waals surface area contributed by atoms with Crippen LogP contribution in [-0.4, -0.2) is 11.7 Å². The molecule has 1 heterocycles. The summed E-state index contributed by atoms with van der Waals surface area (Å²) in [6.07, 6.45) is 1.30. The van der Waals surface area contributed by atoms with E-state index in [1.165, 1.54) is 11.8 Å². The lowest BCUT2D eigenvalue weighted by Gasteiger charge is -2.23. The number of amides is 1. The van der Waals surface area contributed by atoms with Crippen LogP contribution >= 0.6 is 11.8 Å². The lowest BCUT2D eigenvalue weighted by Crippen LogP contribution is -2.31. The van der Waals surface area contributed by atoms with E-state index in [1.807, 2.05) is 13.8 Å². The van der Waals surface area contributed by atoms with Crippen LogP contribution in [0.3, 0.4) is 0 Å². The summed E-state index contributed by atoms with van der Waals surface area (Å²) < 4.78 is 0. The van der Waals surface area contributed by atoms with E-state index in [1.54, 1.807) is 0 Å². The van der Waals surface area contributed by atoms with E-state index in [9.17, 15) is 4.79 Å². The number of allylic oxidation sites excluding steroid dienone is 1. The Morgan fingerprint density at radius 3 is 2.86 bits per heavy atom. The van der Waals surface area contributed by atoms with Gasteiger partial charge in [-0.2, -0.15) is 5.26 Å². The molecule has 0 spiro atoms. The van der Waals surface area contributed by atoms with Gasteiger partial charge in [0.15, 0.2) is 0 Å². The Morgan fingerprint density at radius 2 is 2.36 bits per heavy atom. The first kappa shape index (κ1) is 11.1. The number of carbonyl (C=O) groups is 1. The number of nitriles is 1. The van der Waals surface area contributed by atoms with E-state index < -0.39 is 0 Å². The third-order valence-electron chi connectivity index (χ3n) is 2.24. The minimum absolute atomic E-state index is 0.0341. The van der Waals surface area contributed by atoms with Crippen LogP contribution in [0.4, 0.5) is 0 Å². The third-order valence-corrected chi connectivity index (χ3v) is 3.14. The van der Waals surface area contributed by atoms with Crippen molar-refractivity contribution in [3.05, 3.63) is 10.6 Å². The van der Waals surface area contributed by atoms with Crippen molar-refractivity contribution in [3.8, 4) is 6.07 Å². The van der Waals surface area contributed by atoms with Crippen molar-refractivity contribution in [2.45, 2.75) is 26.7 Å². The first-order chi connectivity index (χ1) is 6.72. The monoisotopic (exact) mass is 210 g/mol. The van der Waals surface area contributed by atoms with Gasteiger partial charge in [0.2, 0.25) is 5.91 Å². The highest BCUT2D eigenvalue weighted by Gasteiger charge is 2.26. The maximum Gasteiger partial charge on any atom is 0.225 e. The molecule has 14 heavy (non-hydrogen) atoms. The number of thioether (sulfide) groups is 1. The molecular weight excluding hydrogens is 196 g/mol. The Kier molecular flexibility index (Phi) is 4.02. The SMILES string of the molecule is CCSC1=C(C#N)[C@H](CC)CC(=O)N1. The standard InChI is InChI=1S/C10H14N2OS/c1-3-7-5-9(13)12-10(14-4-2)8(7)6-11/h7H,3-5H2,1-2H3,(H,12,13)/t7-/m1/s1. The van der Waals surface area contributed by atoms with Crippen LogP contribution in [0.1, 0.15) is 26.7 Å². The van der Waals surface area contributed by atoms with Crippen LogP contribution in [0, 0.1) is 17.2 Å². The van der Waals surface area contributed by atoms with Crippen LogP contribution in [0.5, 0.6) is 0 Å². The molecule has 0 saturated heterocycles. The van der Waals surface area contributed by atoms with Gasteiger partial charge in [-0.1, -0.05) is 13.8 Å². The quantitative estimate of drug-likeness (QED) is 0.775. The Labute approximate surface area is 88.6 Å². The molecule has 0 saturated carbocycles. The van der Waals surface area contributed by atoms with Crippen molar-refractivity contribution >= 4 is 17.7 Å². The van der Waals surface area contributed by atoms with Gasteiger partial charge in [-0.3, -0.25) is 4.79 Å². The fraction of sp³-hybridized carbons (Fsp3) is 0.600. The molecule has 76 valence electrons. The van der Waals surface area contributed by atoms with Crippen molar-refractivity contribution < 1.29 is 4.79 Å². The van der Waals surface area contributed by atoms with E-state index in [2.05, 4.69) is 11.4 Å². The molecule has 1 rings (SSSR count). The van der Waals surface area contributed by atoms with Crippen LogP contribution in [0.15, 0.2) is 10.6 Å². The average Bonchev–Trinajstić information content (AvgIpc) is 2.17. The molecule has 0 aromatic rings. The highest BCUT2D eigenvalue weighted by atomic mass is 32.2. The highest BCUT2D eigenvalue weighted by Crippen LogP contribution is 2.30. The Morgan fingerprint density at radius 1 is 1.64 bits per heavy atom. The first-order valence-corrected chi connectivity index (χ1v) is 5.78. The maximum atomic E-state index is 11.3. The smallest absolute Gasteiger partial charge is 0.225 e. The van der Waals surface area contributed by atoms with E-state index in [4.69, 9.17) is 5.26 Å². The first-order valence-electron chi connectivity index (χ1n) is 4.79. The number of nitrogens with zero attached hydrogens (tertiary/aromatic N) is 1. The Balaban J connectivity index is 2.96. The second-order valence-corrected chi connectivity index (χ2v) is 4.42. The van der Waals surface area contributed by atoms with E-state index in [-0.39, 0.29) is 11.8 Å². The molecule has 0 unspecified atom stereocenters.